The maximum absolute atomic E-state index is 12.5. The van der Waals surface area contributed by atoms with Crippen molar-refractivity contribution in [1.29, 1.82) is 0 Å². The van der Waals surface area contributed by atoms with Gasteiger partial charge in [0.15, 0.2) is 6.61 Å². The second kappa shape index (κ2) is 9.17. The van der Waals surface area contributed by atoms with Crippen molar-refractivity contribution in [1.82, 2.24) is 4.90 Å². The van der Waals surface area contributed by atoms with Gasteiger partial charge in [-0.15, -0.1) is 0 Å². The Morgan fingerprint density at radius 3 is 2.23 bits per heavy atom. The predicted octanol–water partition coefficient (Wildman–Crippen LogP) is 2.99. The zero-order valence-corrected chi connectivity index (χ0v) is 17.2. The summed E-state index contributed by atoms with van der Waals surface area (Å²) >= 11 is 0. The molecule has 0 radical (unpaired) electrons. The summed E-state index contributed by atoms with van der Waals surface area (Å²) in [5.41, 5.74) is 6.55. The van der Waals surface area contributed by atoms with Crippen molar-refractivity contribution in [2.75, 3.05) is 27.9 Å². The van der Waals surface area contributed by atoms with Crippen LogP contribution in [0, 0.1) is 0 Å². The molecule has 7 nitrogen and oxygen atoms in total. The lowest BCUT2D eigenvalue weighted by Gasteiger charge is -2.18. The number of fused-ring (bicyclic) bond motifs is 1. The normalized spacial score (nSPS) is 10.5. The first-order valence-corrected chi connectivity index (χ1v) is 9.32. The van der Waals surface area contributed by atoms with Gasteiger partial charge < -0.3 is 24.8 Å². The molecule has 7 heteroatoms. The Kier molecular flexibility index (Phi) is 6.41. The molecule has 0 unspecified atom stereocenters. The van der Waals surface area contributed by atoms with Crippen molar-refractivity contribution in [3.8, 4) is 17.2 Å². The molecule has 3 aromatic carbocycles. The largest absolute Gasteiger partial charge is 0.497 e. The number of amides is 2. The first-order valence-electron chi connectivity index (χ1n) is 9.32. The lowest BCUT2D eigenvalue weighted by atomic mass is 10.1. The molecule has 0 aliphatic carbocycles. The topological polar surface area (TPSA) is 91.1 Å². The minimum Gasteiger partial charge on any atom is -0.497 e. The Hall–Kier alpha value is -3.74. The molecule has 0 aliphatic rings. The highest BCUT2D eigenvalue weighted by molar-refractivity contribution is 5.96. The molecule has 30 heavy (non-hydrogen) atoms. The molecule has 0 bridgehead atoms. The third-order valence-electron chi connectivity index (χ3n) is 4.76. The maximum Gasteiger partial charge on any atom is 0.260 e. The number of nitrogens with two attached hydrogens (primary N) is 1. The van der Waals surface area contributed by atoms with Gasteiger partial charge in [-0.05, 0) is 52.7 Å². The molecule has 0 aliphatic heterocycles. The molecular formula is C23H24N2O5. The first-order chi connectivity index (χ1) is 14.4. The fourth-order valence-electron chi connectivity index (χ4n) is 3.06. The van der Waals surface area contributed by atoms with E-state index in [9.17, 15) is 9.59 Å². The van der Waals surface area contributed by atoms with Crippen LogP contribution in [0.5, 0.6) is 17.2 Å². The molecule has 0 atom stereocenters. The lowest BCUT2D eigenvalue weighted by Crippen LogP contribution is -2.31. The fraction of sp³-hybridized carbons (Fsp3) is 0.217. The molecule has 3 aromatic rings. The minimum atomic E-state index is -0.655. The number of likely N-dealkylation sites (N-methyl/N-ethyl adjacent to an activating group) is 1. The molecule has 0 heterocycles. The highest BCUT2D eigenvalue weighted by Gasteiger charge is 2.15. The van der Waals surface area contributed by atoms with E-state index in [4.69, 9.17) is 19.9 Å². The summed E-state index contributed by atoms with van der Waals surface area (Å²) in [7, 11) is 4.83. The predicted molar refractivity (Wildman–Crippen MR) is 114 cm³/mol. The van der Waals surface area contributed by atoms with E-state index in [-0.39, 0.29) is 23.8 Å². The van der Waals surface area contributed by atoms with Crippen LogP contribution < -0.4 is 19.9 Å². The van der Waals surface area contributed by atoms with Gasteiger partial charge in [-0.2, -0.15) is 0 Å². The number of carbonyl (C=O) groups is 2. The van der Waals surface area contributed by atoms with Crippen molar-refractivity contribution in [3.05, 3.63) is 65.7 Å². The number of ether oxygens (including phenoxy) is 3. The van der Waals surface area contributed by atoms with E-state index in [0.717, 1.165) is 22.1 Å². The monoisotopic (exact) mass is 408 g/mol. The van der Waals surface area contributed by atoms with E-state index >= 15 is 0 Å². The van der Waals surface area contributed by atoms with E-state index in [1.807, 2.05) is 36.4 Å². The van der Waals surface area contributed by atoms with Crippen LogP contribution in [0.15, 0.2) is 54.6 Å². The van der Waals surface area contributed by atoms with Crippen LogP contribution in [0.25, 0.3) is 10.8 Å². The number of hydrogen-bond donors (Lipinski definition) is 1. The molecular weight excluding hydrogens is 384 g/mol. The van der Waals surface area contributed by atoms with Crippen molar-refractivity contribution in [2.45, 2.75) is 6.54 Å². The van der Waals surface area contributed by atoms with Crippen molar-refractivity contribution < 1.29 is 23.8 Å². The summed E-state index contributed by atoms with van der Waals surface area (Å²) in [6.07, 6.45) is 0. The molecule has 0 aromatic heterocycles. The van der Waals surface area contributed by atoms with Gasteiger partial charge in [-0.3, -0.25) is 9.59 Å². The Balaban J connectivity index is 1.65. The number of benzene rings is 3. The second-order valence-corrected chi connectivity index (χ2v) is 6.81. The molecule has 0 spiro atoms. The average molecular weight is 408 g/mol. The molecule has 2 N–H and O–H groups in total. The highest BCUT2D eigenvalue weighted by atomic mass is 16.5. The molecule has 0 saturated carbocycles. The SMILES string of the molecule is COc1ccc(OCC(=O)N(C)Cc2ccc3cc(OC)ccc3c2)c(C(N)=O)c1. The van der Waals surface area contributed by atoms with E-state index < -0.39 is 5.91 Å². The van der Waals surface area contributed by atoms with Gasteiger partial charge in [-0.25, -0.2) is 0 Å². The van der Waals surface area contributed by atoms with Crippen LogP contribution in [0.3, 0.4) is 0 Å². The molecule has 0 saturated heterocycles. The number of hydrogen-bond acceptors (Lipinski definition) is 5. The van der Waals surface area contributed by atoms with Gasteiger partial charge >= 0.3 is 0 Å². The highest BCUT2D eigenvalue weighted by Crippen LogP contribution is 2.24. The summed E-state index contributed by atoms with van der Waals surface area (Å²) in [6.45, 7) is 0.212. The second-order valence-electron chi connectivity index (χ2n) is 6.81. The van der Waals surface area contributed by atoms with Gasteiger partial charge in [0.2, 0.25) is 0 Å². The Labute approximate surface area is 174 Å². The van der Waals surface area contributed by atoms with Gasteiger partial charge in [-0.1, -0.05) is 18.2 Å². The van der Waals surface area contributed by atoms with Crippen LogP contribution in [0.1, 0.15) is 15.9 Å². The van der Waals surface area contributed by atoms with E-state index in [0.29, 0.717) is 12.3 Å². The Morgan fingerprint density at radius 1 is 0.900 bits per heavy atom. The number of rotatable bonds is 8. The molecule has 156 valence electrons. The van der Waals surface area contributed by atoms with Gasteiger partial charge in [0.25, 0.3) is 11.8 Å². The first kappa shape index (κ1) is 21.0. The number of carbonyl (C=O) groups excluding carboxylic acids is 2. The van der Waals surface area contributed by atoms with Crippen LogP contribution in [0.2, 0.25) is 0 Å². The summed E-state index contributed by atoms with van der Waals surface area (Å²) in [4.78, 5) is 25.7. The zero-order valence-electron chi connectivity index (χ0n) is 17.2. The van der Waals surface area contributed by atoms with Gasteiger partial charge in [0, 0.05) is 13.6 Å². The molecule has 3 rings (SSSR count). The number of nitrogens with zero attached hydrogens (tertiary/aromatic N) is 1. The summed E-state index contributed by atoms with van der Waals surface area (Å²) in [6, 6.07) is 16.5. The van der Waals surface area contributed by atoms with Crippen LogP contribution >= 0.6 is 0 Å². The van der Waals surface area contributed by atoms with Crippen LogP contribution in [-0.2, 0) is 11.3 Å². The third-order valence-corrected chi connectivity index (χ3v) is 4.76. The van der Waals surface area contributed by atoms with E-state index in [1.165, 1.54) is 13.2 Å². The quantitative estimate of drug-likeness (QED) is 0.619. The van der Waals surface area contributed by atoms with E-state index in [2.05, 4.69) is 0 Å². The molecule has 2 amide bonds. The fourth-order valence-corrected chi connectivity index (χ4v) is 3.06. The maximum atomic E-state index is 12.5. The smallest absolute Gasteiger partial charge is 0.260 e. The Morgan fingerprint density at radius 2 is 1.53 bits per heavy atom. The summed E-state index contributed by atoms with van der Waals surface area (Å²) < 4.78 is 15.9. The van der Waals surface area contributed by atoms with Crippen molar-refractivity contribution in [3.63, 3.8) is 0 Å². The summed E-state index contributed by atoms with van der Waals surface area (Å²) in [5, 5.41) is 2.13. The minimum absolute atomic E-state index is 0.162. The van der Waals surface area contributed by atoms with E-state index in [1.54, 1.807) is 31.2 Å². The number of primary amides is 1. The summed E-state index contributed by atoms with van der Waals surface area (Å²) in [5.74, 6) is 0.639. The average Bonchev–Trinajstić information content (AvgIpc) is 2.76. The molecule has 0 fully saturated rings. The van der Waals surface area contributed by atoms with Crippen molar-refractivity contribution in [2.24, 2.45) is 5.73 Å². The zero-order chi connectivity index (χ0) is 21.7. The standard InChI is InChI=1S/C23H24N2O5/c1-25(13-15-4-5-17-11-18(28-2)7-6-16(17)10-15)22(26)14-30-21-9-8-19(29-3)12-20(21)23(24)27/h4-12H,13-14H2,1-3H3,(H2,24,27). The lowest BCUT2D eigenvalue weighted by molar-refractivity contribution is -0.132. The third kappa shape index (κ3) is 4.81. The van der Waals surface area contributed by atoms with Crippen LogP contribution in [-0.4, -0.2) is 44.6 Å². The van der Waals surface area contributed by atoms with Crippen LogP contribution in [0.4, 0.5) is 0 Å². The van der Waals surface area contributed by atoms with Gasteiger partial charge in [0.1, 0.15) is 17.2 Å². The van der Waals surface area contributed by atoms with Gasteiger partial charge in [0.05, 0.1) is 19.8 Å². The number of methoxy groups -OCH3 is 2. The van der Waals surface area contributed by atoms with Crippen molar-refractivity contribution >= 4 is 22.6 Å². The Bertz CT molecular complexity index is 1080.